The molecule has 6 nitrogen and oxygen atoms in total. The van der Waals surface area contributed by atoms with Crippen LogP contribution in [-0.2, 0) is 20.5 Å². The lowest BCUT2D eigenvalue weighted by Crippen LogP contribution is -2.14. The SMILES string of the molecule is COC(=O)c1cnc(CS(N)(=O)=O)s1. The van der Waals surface area contributed by atoms with Crippen LogP contribution in [0.1, 0.15) is 14.7 Å². The van der Waals surface area contributed by atoms with Gasteiger partial charge in [0.2, 0.25) is 10.0 Å². The van der Waals surface area contributed by atoms with Crippen molar-refractivity contribution in [3.8, 4) is 0 Å². The van der Waals surface area contributed by atoms with Gasteiger partial charge in [0.1, 0.15) is 15.6 Å². The largest absolute Gasteiger partial charge is 0.465 e. The number of rotatable bonds is 3. The molecule has 1 aromatic rings. The summed E-state index contributed by atoms with van der Waals surface area (Å²) in [5.74, 6) is -0.905. The number of thiazole rings is 1. The maximum atomic E-state index is 11.0. The molecule has 0 aliphatic heterocycles. The monoisotopic (exact) mass is 236 g/mol. The third-order valence-corrected chi connectivity index (χ3v) is 3.10. The van der Waals surface area contributed by atoms with Gasteiger partial charge in [0.15, 0.2) is 0 Å². The predicted octanol–water partition coefficient (Wildman–Crippen LogP) is -0.282. The van der Waals surface area contributed by atoms with Crippen LogP contribution in [0.25, 0.3) is 0 Å². The minimum Gasteiger partial charge on any atom is -0.465 e. The molecule has 1 heterocycles. The average Bonchev–Trinajstić information content (AvgIpc) is 2.48. The molecule has 0 radical (unpaired) electrons. The molecule has 1 rings (SSSR count). The molecule has 0 fully saturated rings. The van der Waals surface area contributed by atoms with Crippen molar-refractivity contribution in [2.24, 2.45) is 5.14 Å². The van der Waals surface area contributed by atoms with Crippen molar-refractivity contribution in [1.82, 2.24) is 4.98 Å². The summed E-state index contributed by atoms with van der Waals surface area (Å²) in [6.07, 6.45) is 1.26. The fourth-order valence-corrected chi connectivity index (χ4v) is 2.52. The highest BCUT2D eigenvalue weighted by molar-refractivity contribution is 7.88. The number of nitrogens with two attached hydrogens (primary N) is 1. The Bertz CT molecular complexity index is 436. The third-order valence-electron chi connectivity index (χ3n) is 1.26. The summed E-state index contributed by atoms with van der Waals surface area (Å²) < 4.78 is 25.8. The van der Waals surface area contributed by atoms with E-state index in [0.717, 1.165) is 11.3 Å². The van der Waals surface area contributed by atoms with E-state index in [0.29, 0.717) is 0 Å². The number of methoxy groups -OCH3 is 1. The van der Waals surface area contributed by atoms with Crippen molar-refractivity contribution in [2.75, 3.05) is 7.11 Å². The second-order valence-electron chi connectivity index (χ2n) is 2.42. The van der Waals surface area contributed by atoms with Crippen LogP contribution in [0.4, 0.5) is 0 Å². The van der Waals surface area contributed by atoms with Crippen LogP contribution in [0.2, 0.25) is 0 Å². The van der Waals surface area contributed by atoms with E-state index >= 15 is 0 Å². The summed E-state index contributed by atoms with van der Waals surface area (Å²) in [7, 11) is -2.36. The molecule has 2 N–H and O–H groups in total. The number of carbonyl (C=O) groups excluding carboxylic acids is 1. The third kappa shape index (κ3) is 3.05. The van der Waals surface area contributed by atoms with Gasteiger partial charge in [-0.25, -0.2) is 23.3 Å². The first-order valence-corrected chi connectivity index (χ1v) is 5.99. The van der Waals surface area contributed by atoms with Crippen molar-refractivity contribution in [1.29, 1.82) is 0 Å². The first-order valence-electron chi connectivity index (χ1n) is 3.46. The molecule has 14 heavy (non-hydrogen) atoms. The number of hydrogen-bond donors (Lipinski definition) is 1. The van der Waals surface area contributed by atoms with Crippen molar-refractivity contribution in [3.63, 3.8) is 0 Å². The van der Waals surface area contributed by atoms with E-state index in [4.69, 9.17) is 5.14 Å². The van der Waals surface area contributed by atoms with Crippen LogP contribution in [0.5, 0.6) is 0 Å². The van der Waals surface area contributed by atoms with Gasteiger partial charge >= 0.3 is 5.97 Å². The molecule has 0 saturated carbocycles. The highest BCUT2D eigenvalue weighted by Crippen LogP contribution is 2.15. The lowest BCUT2D eigenvalue weighted by atomic mass is 10.6. The molecule has 0 aliphatic carbocycles. The van der Waals surface area contributed by atoms with Crippen molar-refractivity contribution in [2.45, 2.75) is 5.75 Å². The zero-order valence-electron chi connectivity index (χ0n) is 7.26. The highest BCUT2D eigenvalue weighted by Gasteiger charge is 2.13. The Kier molecular flexibility index (Phi) is 3.19. The molecule has 0 bridgehead atoms. The maximum absolute atomic E-state index is 11.0. The minimum absolute atomic E-state index is 0.256. The van der Waals surface area contributed by atoms with Crippen LogP contribution in [0, 0.1) is 0 Å². The molecular weight excluding hydrogens is 228 g/mol. The van der Waals surface area contributed by atoms with E-state index in [1.807, 2.05) is 0 Å². The van der Waals surface area contributed by atoms with Gasteiger partial charge in [-0.05, 0) is 0 Å². The van der Waals surface area contributed by atoms with Crippen LogP contribution in [0.15, 0.2) is 6.20 Å². The van der Waals surface area contributed by atoms with E-state index in [2.05, 4.69) is 9.72 Å². The van der Waals surface area contributed by atoms with Crippen molar-refractivity contribution >= 4 is 27.3 Å². The molecule has 0 atom stereocenters. The zero-order valence-corrected chi connectivity index (χ0v) is 8.89. The van der Waals surface area contributed by atoms with Crippen LogP contribution < -0.4 is 5.14 Å². The van der Waals surface area contributed by atoms with E-state index in [1.165, 1.54) is 13.3 Å². The molecular formula is C6H8N2O4S2. The molecule has 0 amide bonds. The normalized spacial score (nSPS) is 11.3. The average molecular weight is 236 g/mol. The topological polar surface area (TPSA) is 99.3 Å². The van der Waals surface area contributed by atoms with E-state index in [-0.39, 0.29) is 15.6 Å². The Morgan fingerprint density at radius 3 is 2.86 bits per heavy atom. The van der Waals surface area contributed by atoms with E-state index in [1.54, 1.807) is 0 Å². The number of nitrogens with zero attached hydrogens (tertiary/aromatic N) is 1. The van der Waals surface area contributed by atoms with Gasteiger partial charge in [-0.1, -0.05) is 0 Å². The van der Waals surface area contributed by atoms with Gasteiger partial charge in [-0.15, -0.1) is 11.3 Å². The summed E-state index contributed by atoms with van der Waals surface area (Å²) in [6, 6.07) is 0. The predicted molar refractivity (Wildman–Crippen MR) is 50.3 cm³/mol. The van der Waals surface area contributed by atoms with E-state index in [9.17, 15) is 13.2 Å². The fourth-order valence-electron chi connectivity index (χ4n) is 0.744. The number of ether oxygens (including phenoxy) is 1. The Hall–Kier alpha value is -0.990. The molecule has 0 saturated heterocycles. The Balaban J connectivity index is 2.84. The van der Waals surface area contributed by atoms with Gasteiger partial charge in [-0.3, -0.25) is 0 Å². The van der Waals surface area contributed by atoms with Gasteiger partial charge in [0.25, 0.3) is 0 Å². The minimum atomic E-state index is -3.60. The lowest BCUT2D eigenvalue weighted by Gasteiger charge is -1.92. The summed E-state index contributed by atoms with van der Waals surface area (Å²) in [6.45, 7) is 0. The lowest BCUT2D eigenvalue weighted by molar-refractivity contribution is 0.0606. The number of carbonyl (C=O) groups is 1. The Morgan fingerprint density at radius 1 is 1.71 bits per heavy atom. The summed E-state index contributed by atoms with van der Waals surface area (Å²) in [5, 5.41) is 5.08. The first kappa shape index (κ1) is 11.1. The molecule has 0 aromatic carbocycles. The number of aromatic nitrogens is 1. The molecule has 8 heteroatoms. The van der Waals surface area contributed by atoms with Gasteiger partial charge in [-0.2, -0.15) is 0 Å². The molecule has 0 aliphatic rings. The smallest absolute Gasteiger partial charge is 0.349 e. The van der Waals surface area contributed by atoms with Crippen LogP contribution in [-0.4, -0.2) is 26.5 Å². The van der Waals surface area contributed by atoms with Crippen LogP contribution in [0.3, 0.4) is 0 Å². The summed E-state index contributed by atoms with van der Waals surface area (Å²) >= 11 is 0.948. The standard InChI is InChI=1S/C6H8N2O4S2/c1-12-6(9)4-2-8-5(13-4)3-14(7,10)11/h2H,3H2,1H3,(H2,7,10,11). The zero-order chi connectivity index (χ0) is 10.8. The number of hydrogen-bond acceptors (Lipinski definition) is 6. The van der Waals surface area contributed by atoms with Gasteiger partial charge in [0, 0.05) is 0 Å². The quantitative estimate of drug-likeness (QED) is 0.727. The fraction of sp³-hybridized carbons (Fsp3) is 0.333. The molecule has 0 unspecified atom stereocenters. The molecule has 1 aromatic heterocycles. The summed E-state index contributed by atoms with van der Waals surface area (Å²) in [5.41, 5.74) is 0. The summed E-state index contributed by atoms with van der Waals surface area (Å²) in [4.78, 5) is 14.9. The maximum Gasteiger partial charge on any atom is 0.349 e. The first-order chi connectivity index (χ1) is 6.42. The molecule has 78 valence electrons. The molecule has 0 spiro atoms. The highest BCUT2D eigenvalue weighted by atomic mass is 32.2. The van der Waals surface area contributed by atoms with Crippen molar-refractivity contribution < 1.29 is 17.9 Å². The van der Waals surface area contributed by atoms with E-state index < -0.39 is 16.0 Å². The second kappa shape index (κ2) is 4.03. The Labute approximate surface area is 84.8 Å². The number of esters is 1. The van der Waals surface area contributed by atoms with Crippen molar-refractivity contribution in [3.05, 3.63) is 16.1 Å². The number of primary sulfonamides is 1. The second-order valence-corrected chi connectivity index (χ2v) is 5.15. The number of sulfonamides is 1. The Morgan fingerprint density at radius 2 is 2.36 bits per heavy atom. The van der Waals surface area contributed by atoms with Gasteiger partial charge in [0.05, 0.1) is 13.3 Å². The van der Waals surface area contributed by atoms with Crippen LogP contribution >= 0.6 is 11.3 Å². The van der Waals surface area contributed by atoms with Gasteiger partial charge < -0.3 is 4.74 Å².